The number of carbonyl (C=O) groups is 1. The summed E-state index contributed by atoms with van der Waals surface area (Å²) in [6, 6.07) is 5.43. The summed E-state index contributed by atoms with van der Waals surface area (Å²) in [6.45, 7) is 0. The number of hydrogen-bond donors (Lipinski definition) is 2. The maximum absolute atomic E-state index is 12.5. The Morgan fingerprint density at radius 2 is 2.07 bits per heavy atom. The van der Waals surface area contributed by atoms with Crippen molar-refractivity contribution in [2.24, 2.45) is 0 Å². The van der Waals surface area contributed by atoms with Gasteiger partial charge in [-0.15, -0.1) is 0 Å². The van der Waals surface area contributed by atoms with E-state index in [1.165, 1.54) is 31.3 Å². The third-order valence-corrected chi connectivity index (χ3v) is 1.91. The van der Waals surface area contributed by atoms with Gasteiger partial charge in [0.15, 0.2) is 0 Å². The SMILES string of the molecule is CNC(=O)C[C@H](O)c1ccc(F)cc1. The molecule has 0 aromatic heterocycles. The van der Waals surface area contributed by atoms with Crippen molar-refractivity contribution in [3.8, 4) is 0 Å². The molecule has 3 nitrogen and oxygen atoms in total. The van der Waals surface area contributed by atoms with E-state index in [0.717, 1.165) is 0 Å². The number of benzene rings is 1. The van der Waals surface area contributed by atoms with E-state index in [0.29, 0.717) is 5.56 Å². The molecule has 0 saturated carbocycles. The normalized spacial score (nSPS) is 12.2. The quantitative estimate of drug-likeness (QED) is 0.759. The molecule has 1 aromatic rings. The lowest BCUT2D eigenvalue weighted by molar-refractivity contribution is -0.122. The number of nitrogens with one attached hydrogen (secondary N) is 1. The van der Waals surface area contributed by atoms with Crippen LogP contribution in [0.1, 0.15) is 18.1 Å². The Morgan fingerprint density at radius 3 is 2.57 bits per heavy atom. The molecule has 1 amide bonds. The van der Waals surface area contributed by atoms with Gasteiger partial charge in [-0.3, -0.25) is 4.79 Å². The Balaban J connectivity index is 2.65. The van der Waals surface area contributed by atoms with Crippen LogP contribution in [0.3, 0.4) is 0 Å². The van der Waals surface area contributed by atoms with E-state index in [2.05, 4.69) is 5.32 Å². The number of carbonyl (C=O) groups excluding carboxylic acids is 1. The highest BCUT2D eigenvalue weighted by Crippen LogP contribution is 2.16. The summed E-state index contributed by atoms with van der Waals surface area (Å²) < 4.78 is 12.5. The molecule has 0 bridgehead atoms. The largest absolute Gasteiger partial charge is 0.388 e. The van der Waals surface area contributed by atoms with Gasteiger partial charge in [0.25, 0.3) is 0 Å². The second-order valence-electron chi connectivity index (χ2n) is 2.94. The molecule has 0 saturated heterocycles. The minimum Gasteiger partial charge on any atom is -0.388 e. The first-order chi connectivity index (χ1) is 6.63. The van der Waals surface area contributed by atoms with E-state index in [9.17, 15) is 14.3 Å². The van der Waals surface area contributed by atoms with E-state index in [1.54, 1.807) is 0 Å². The predicted octanol–water partition coefficient (Wildman–Crippen LogP) is 0.995. The van der Waals surface area contributed by atoms with Gasteiger partial charge in [-0.05, 0) is 17.7 Å². The van der Waals surface area contributed by atoms with Crippen LogP contribution in [0, 0.1) is 5.82 Å². The zero-order valence-electron chi connectivity index (χ0n) is 7.83. The minimum atomic E-state index is -0.879. The Labute approximate surface area is 81.6 Å². The highest BCUT2D eigenvalue weighted by Gasteiger charge is 2.11. The first-order valence-corrected chi connectivity index (χ1v) is 4.27. The second kappa shape index (κ2) is 4.72. The van der Waals surface area contributed by atoms with Crippen LogP contribution in [-0.2, 0) is 4.79 Å². The van der Waals surface area contributed by atoms with Gasteiger partial charge in [0.05, 0.1) is 12.5 Å². The second-order valence-corrected chi connectivity index (χ2v) is 2.94. The number of aliphatic hydroxyl groups excluding tert-OH is 1. The summed E-state index contributed by atoms with van der Waals surface area (Å²) >= 11 is 0. The van der Waals surface area contributed by atoms with Gasteiger partial charge in [0, 0.05) is 7.05 Å². The van der Waals surface area contributed by atoms with E-state index in [1.807, 2.05) is 0 Å². The molecule has 0 unspecified atom stereocenters. The molecular formula is C10H12FNO2. The fraction of sp³-hybridized carbons (Fsp3) is 0.300. The van der Waals surface area contributed by atoms with Gasteiger partial charge in [-0.1, -0.05) is 12.1 Å². The molecule has 14 heavy (non-hydrogen) atoms. The third-order valence-electron chi connectivity index (χ3n) is 1.91. The molecule has 1 atom stereocenters. The number of amides is 1. The van der Waals surface area contributed by atoms with Crippen molar-refractivity contribution in [2.75, 3.05) is 7.05 Å². The maximum atomic E-state index is 12.5. The molecule has 1 aromatic carbocycles. The lowest BCUT2D eigenvalue weighted by atomic mass is 10.1. The molecule has 0 aliphatic carbocycles. The zero-order chi connectivity index (χ0) is 10.6. The monoisotopic (exact) mass is 197 g/mol. The fourth-order valence-corrected chi connectivity index (χ4v) is 1.08. The summed E-state index contributed by atoms with van der Waals surface area (Å²) in [4.78, 5) is 10.9. The molecule has 2 N–H and O–H groups in total. The molecule has 0 radical (unpaired) electrons. The van der Waals surface area contributed by atoms with Crippen molar-refractivity contribution in [1.29, 1.82) is 0 Å². The van der Waals surface area contributed by atoms with Crippen LogP contribution in [-0.4, -0.2) is 18.1 Å². The number of aliphatic hydroxyl groups is 1. The highest BCUT2D eigenvalue weighted by molar-refractivity contribution is 5.76. The van der Waals surface area contributed by atoms with Crippen LogP contribution in [0.15, 0.2) is 24.3 Å². The van der Waals surface area contributed by atoms with Crippen molar-refractivity contribution in [3.05, 3.63) is 35.6 Å². The topological polar surface area (TPSA) is 49.3 Å². The van der Waals surface area contributed by atoms with E-state index < -0.39 is 6.10 Å². The number of rotatable bonds is 3. The first kappa shape index (κ1) is 10.7. The zero-order valence-corrected chi connectivity index (χ0v) is 7.83. The van der Waals surface area contributed by atoms with Gasteiger partial charge in [0.2, 0.25) is 5.91 Å². The van der Waals surface area contributed by atoms with Crippen molar-refractivity contribution in [2.45, 2.75) is 12.5 Å². The van der Waals surface area contributed by atoms with Gasteiger partial charge in [0.1, 0.15) is 5.82 Å². The van der Waals surface area contributed by atoms with Crippen LogP contribution in [0.2, 0.25) is 0 Å². The summed E-state index contributed by atoms with van der Waals surface area (Å²) in [5.41, 5.74) is 0.537. The highest BCUT2D eigenvalue weighted by atomic mass is 19.1. The number of halogens is 1. The van der Waals surface area contributed by atoms with Gasteiger partial charge in [-0.2, -0.15) is 0 Å². The van der Waals surface area contributed by atoms with Gasteiger partial charge < -0.3 is 10.4 Å². The predicted molar refractivity (Wildman–Crippen MR) is 50.0 cm³/mol. The van der Waals surface area contributed by atoms with E-state index in [4.69, 9.17) is 0 Å². The van der Waals surface area contributed by atoms with Crippen molar-refractivity contribution < 1.29 is 14.3 Å². The van der Waals surface area contributed by atoms with Crippen molar-refractivity contribution >= 4 is 5.91 Å². The maximum Gasteiger partial charge on any atom is 0.222 e. The van der Waals surface area contributed by atoms with E-state index in [-0.39, 0.29) is 18.1 Å². The summed E-state index contributed by atoms with van der Waals surface area (Å²) in [7, 11) is 1.50. The van der Waals surface area contributed by atoms with Gasteiger partial charge >= 0.3 is 0 Å². The lowest BCUT2D eigenvalue weighted by Crippen LogP contribution is -2.20. The first-order valence-electron chi connectivity index (χ1n) is 4.27. The van der Waals surface area contributed by atoms with Crippen LogP contribution in [0.25, 0.3) is 0 Å². The van der Waals surface area contributed by atoms with Crippen LogP contribution < -0.4 is 5.32 Å². The molecule has 0 fully saturated rings. The minimum absolute atomic E-state index is 0.0118. The molecule has 1 rings (SSSR count). The van der Waals surface area contributed by atoms with Gasteiger partial charge in [-0.25, -0.2) is 4.39 Å². The summed E-state index contributed by atoms with van der Waals surface area (Å²) in [5, 5.41) is 11.9. The average Bonchev–Trinajstić information content (AvgIpc) is 2.18. The lowest BCUT2D eigenvalue weighted by Gasteiger charge is -2.09. The molecule has 0 heterocycles. The summed E-state index contributed by atoms with van der Waals surface area (Å²) in [6.07, 6.45) is -0.891. The van der Waals surface area contributed by atoms with Crippen molar-refractivity contribution in [1.82, 2.24) is 5.32 Å². The van der Waals surface area contributed by atoms with E-state index >= 15 is 0 Å². The fourth-order valence-electron chi connectivity index (χ4n) is 1.08. The van der Waals surface area contributed by atoms with Crippen molar-refractivity contribution in [3.63, 3.8) is 0 Å². The Morgan fingerprint density at radius 1 is 1.50 bits per heavy atom. The Kier molecular flexibility index (Phi) is 3.59. The van der Waals surface area contributed by atoms with Crippen LogP contribution in [0.4, 0.5) is 4.39 Å². The Bertz CT molecular complexity index is 310. The molecular weight excluding hydrogens is 185 g/mol. The van der Waals surface area contributed by atoms with Crippen LogP contribution in [0.5, 0.6) is 0 Å². The molecule has 4 heteroatoms. The smallest absolute Gasteiger partial charge is 0.222 e. The number of hydrogen-bond acceptors (Lipinski definition) is 2. The molecule has 0 aliphatic rings. The standard InChI is InChI=1S/C10H12FNO2/c1-12-10(14)6-9(13)7-2-4-8(11)5-3-7/h2-5,9,13H,6H2,1H3,(H,12,14)/t9-/m0/s1. The average molecular weight is 197 g/mol. The molecule has 0 spiro atoms. The summed E-state index contributed by atoms with van der Waals surface area (Å²) in [5.74, 6) is -0.609. The Hall–Kier alpha value is -1.42. The molecule has 76 valence electrons. The third kappa shape index (κ3) is 2.81. The molecule has 0 aliphatic heterocycles. The van der Waals surface area contributed by atoms with Crippen LogP contribution >= 0.6 is 0 Å².